The molecule has 1 saturated heterocycles. The molecule has 1 aliphatic heterocycles. The number of aromatic nitrogens is 2. The molecule has 4 rings (SSSR count). The molecule has 1 aliphatic rings. The number of benzene rings is 1. The van der Waals surface area contributed by atoms with Crippen LogP contribution in [0, 0.1) is 5.82 Å². The summed E-state index contributed by atoms with van der Waals surface area (Å²) < 4.78 is 16.5. The van der Waals surface area contributed by atoms with E-state index in [9.17, 15) is 9.59 Å². The van der Waals surface area contributed by atoms with Crippen LogP contribution in [-0.2, 0) is 17.4 Å². The Kier molecular flexibility index (Phi) is 5.49. The van der Waals surface area contributed by atoms with Crippen molar-refractivity contribution < 1.29 is 9.18 Å². The van der Waals surface area contributed by atoms with Gasteiger partial charge in [-0.05, 0) is 42.8 Å². The number of amides is 1. The number of hydrogen-bond donors (Lipinski definition) is 1. The van der Waals surface area contributed by atoms with Gasteiger partial charge >= 0.3 is 0 Å². The Hall–Kier alpha value is -2.90. The molecule has 9 heteroatoms. The minimum atomic E-state index is -1.09. The smallest absolute Gasteiger partial charge is 0.276 e. The van der Waals surface area contributed by atoms with E-state index >= 15 is 4.39 Å². The number of rotatable bonds is 4. The van der Waals surface area contributed by atoms with Crippen LogP contribution >= 0.6 is 23.2 Å². The first-order valence-corrected chi connectivity index (χ1v) is 10.3. The van der Waals surface area contributed by atoms with Gasteiger partial charge in [0.15, 0.2) is 0 Å². The van der Waals surface area contributed by atoms with Crippen LogP contribution in [0.3, 0.4) is 0 Å². The lowest BCUT2D eigenvalue weighted by atomic mass is 9.88. The van der Waals surface area contributed by atoms with Gasteiger partial charge < -0.3 is 14.8 Å². The molecule has 1 N–H and O–H groups in total. The molecule has 3 heterocycles. The molecule has 2 aromatic heterocycles. The molecule has 6 nitrogen and oxygen atoms in total. The van der Waals surface area contributed by atoms with E-state index in [2.05, 4.69) is 16.9 Å². The van der Waals surface area contributed by atoms with Crippen LogP contribution in [0.4, 0.5) is 10.2 Å². The number of nitrogens with one attached hydrogen (secondary N) is 1. The fourth-order valence-corrected chi connectivity index (χ4v) is 4.47. The van der Waals surface area contributed by atoms with E-state index in [1.165, 1.54) is 22.8 Å². The predicted molar refractivity (Wildman–Crippen MR) is 120 cm³/mol. The van der Waals surface area contributed by atoms with Gasteiger partial charge in [-0.2, -0.15) is 0 Å². The monoisotopic (exact) mass is 460 g/mol. The maximum atomic E-state index is 15.0. The lowest BCUT2D eigenvalue weighted by Crippen LogP contribution is -2.41. The fraction of sp³-hybridized carbons (Fsp3) is 0.227. The Balaban J connectivity index is 1.85. The van der Waals surface area contributed by atoms with Gasteiger partial charge in [-0.25, -0.2) is 9.37 Å². The van der Waals surface area contributed by atoms with Crippen molar-refractivity contribution in [3.05, 3.63) is 81.0 Å². The van der Waals surface area contributed by atoms with Crippen molar-refractivity contribution in [2.45, 2.75) is 12.0 Å². The van der Waals surface area contributed by atoms with Crippen LogP contribution < -0.4 is 10.9 Å². The summed E-state index contributed by atoms with van der Waals surface area (Å²) in [5.74, 6) is -0.465. The number of pyridine rings is 2. The molecule has 0 saturated carbocycles. The first-order valence-electron chi connectivity index (χ1n) is 9.55. The van der Waals surface area contributed by atoms with Gasteiger partial charge in [0.05, 0.1) is 15.6 Å². The van der Waals surface area contributed by atoms with Crippen molar-refractivity contribution in [1.82, 2.24) is 14.5 Å². The topological polar surface area (TPSA) is 67.2 Å². The number of carbonyl (C=O) groups excluding carboxylic acids is 1. The lowest BCUT2D eigenvalue weighted by molar-refractivity contribution is -0.125. The van der Waals surface area contributed by atoms with Crippen molar-refractivity contribution in [2.75, 3.05) is 18.4 Å². The quantitative estimate of drug-likeness (QED) is 0.469. The normalized spacial score (nSPS) is 18.4. The molecule has 31 heavy (non-hydrogen) atoms. The molecular formula is C22H19Cl2FN4O2. The van der Waals surface area contributed by atoms with Gasteiger partial charge in [0, 0.05) is 37.3 Å². The molecule has 0 aliphatic carbocycles. The number of nitrogens with zero attached hydrogens (tertiary/aromatic N) is 3. The summed E-state index contributed by atoms with van der Waals surface area (Å²) in [6.07, 6.45) is 3.23. The van der Waals surface area contributed by atoms with E-state index in [0.717, 1.165) is 0 Å². The van der Waals surface area contributed by atoms with Crippen LogP contribution in [-0.4, -0.2) is 33.4 Å². The largest absolute Gasteiger partial charge is 0.358 e. The van der Waals surface area contributed by atoms with Crippen molar-refractivity contribution >= 4 is 45.8 Å². The Morgan fingerprint density at radius 3 is 2.81 bits per heavy atom. The lowest BCUT2D eigenvalue weighted by Gasteiger charge is -2.33. The highest BCUT2D eigenvalue weighted by atomic mass is 35.5. The summed E-state index contributed by atoms with van der Waals surface area (Å²) in [7, 11) is 1.64. The maximum absolute atomic E-state index is 15.0. The molecule has 160 valence electrons. The van der Waals surface area contributed by atoms with Gasteiger partial charge in [-0.15, -0.1) is 0 Å². The van der Waals surface area contributed by atoms with Crippen LogP contribution in [0.25, 0.3) is 10.9 Å². The second kappa shape index (κ2) is 7.98. The van der Waals surface area contributed by atoms with E-state index in [4.69, 9.17) is 23.2 Å². The SMILES string of the molecule is C=CC(=O)N1CC[C@](Nc2ccc3ccn(C)c(=O)c3n2)(c2c(F)ccc(Cl)c2Cl)C1. The highest BCUT2D eigenvalue weighted by Gasteiger charge is 2.44. The molecule has 1 fully saturated rings. The number of hydrogen-bond acceptors (Lipinski definition) is 4. The molecule has 0 radical (unpaired) electrons. The summed E-state index contributed by atoms with van der Waals surface area (Å²) in [5.41, 5.74) is -0.911. The summed E-state index contributed by atoms with van der Waals surface area (Å²) in [5, 5.41) is 4.21. The first kappa shape index (κ1) is 21.3. The van der Waals surface area contributed by atoms with Crippen molar-refractivity contribution in [3.63, 3.8) is 0 Å². The average Bonchev–Trinajstić information content (AvgIpc) is 3.18. The molecular weight excluding hydrogens is 442 g/mol. The summed E-state index contributed by atoms with van der Waals surface area (Å²) in [6, 6.07) is 7.89. The van der Waals surface area contributed by atoms with E-state index < -0.39 is 11.4 Å². The molecule has 0 unspecified atom stereocenters. The minimum absolute atomic E-state index is 0.0683. The second-order valence-electron chi connectivity index (χ2n) is 7.51. The number of likely N-dealkylation sites (tertiary alicyclic amines) is 1. The molecule has 3 aromatic rings. The van der Waals surface area contributed by atoms with Crippen molar-refractivity contribution in [1.29, 1.82) is 0 Å². The second-order valence-corrected chi connectivity index (χ2v) is 8.29. The van der Waals surface area contributed by atoms with Gasteiger partial charge in [0.2, 0.25) is 5.91 Å². The molecule has 1 amide bonds. The zero-order valence-corrected chi connectivity index (χ0v) is 18.2. The Morgan fingerprint density at radius 2 is 2.06 bits per heavy atom. The van der Waals surface area contributed by atoms with Gasteiger partial charge in [-0.3, -0.25) is 9.59 Å². The van der Waals surface area contributed by atoms with E-state index in [1.54, 1.807) is 36.3 Å². The van der Waals surface area contributed by atoms with E-state index in [-0.39, 0.29) is 39.1 Å². The maximum Gasteiger partial charge on any atom is 0.276 e. The highest BCUT2D eigenvalue weighted by molar-refractivity contribution is 6.42. The molecule has 0 bridgehead atoms. The van der Waals surface area contributed by atoms with Crippen molar-refractivity contribution in [3.8, 4) is 0 Å². The van der Waals surface area contributed by atoms with E-state index in [0.29, 0.717) is 24.2 Å². The van der Waals surface area contributed by atoms with Crippen LogP contribution in [0.1, 0.15) is 12.0 Å². The Bertz CT molecular complexity index is 1280. The summed E-state index contributed by atoms with van der Waals surface area (Å²) >= 11 is 12.6. The zero-order chi connectivity index (χ0) is 22.3. The number of anilines is 1. The molecule has 1 atom stereocenters. The third-order valence-corrected chi connectivity index (χ3v) is 6.38. The number of halogens is 3. The van der Waals surface area contributed by atoms with Gasteiger partial charge in [0.1, 0.15) is 17.2 Å². The van der Waals surface area contributed by atoms with E-state index in [1.807, 2.05) is 0 Å². The molecule has 0 spiro atoms. The minimum Gasteiger partial charge on any atom is -0.358 e. The van der Waals surface area contributed by atoms with Crippen molar-refractivity contribution in [2.24, 2.45) is 7.05 Å². The van der Waals surface area contributed by atoms with Crippen LogP contribution in [0.2, 0.25) is 10.0 Å². The fourth-order valence-electron chi connectivity index (χ4n) is 3.98. The van der Waals surface area contributed by atoms with Crippen LogP contribution in [0.15, 0.2) is 54.0 Å². The zero-order valence-electron chi connectivity index (χ0n) is 16.7. The Labute approximate surface area is 187 Å². The summed E-state index contributed by atoms with van der Waals surface area (Å²) in [4.78, 5) is 30.8. The molecule has 1 aromatic carbocycles. The number of fused-ring (bicyclic) bond motifs is 1. The number of carbonyl (C=O) groups is 1. The van der Waals surface area contributed by atoms with Gasteiger partial charge in [-0.1, -0.05) is 29.8 Å². The third kappa shape index (κ3) is 3.68. The predicted octanol–water partition coefficient (Wildman–Crippen LogP) is 4.11. The van der Waals surface area contributed by atoms with Gasteiger partial charge in [0.25, 0.3) is 5.56 Å². The van der Waals surface area contributed by atoms with Crippen LogP contribution in [0.5, 0.6) is 0 Å². The average molecular weight is 461 g/mol. The third-order valence-electron chi connectivity index (χ3n) is 5.57. The standard InChI is InChI=1S/C22H19Cl2FN4O2/c1-3-17(30)29-11-9-22(12-29,18-15(25)6-5-14(23)19(18)24)27-16-7-4-13-8-10-28(2)21(31)20(13)26-16/h3-8,10H,1,9,11-12H2,2H3,(H,26,27)/t22-/m1/s1. The first-order chi connectivity index (χ1) is 14.8. The summed E-state index contributed by atoms with van der Waals surface area (Å²) in [6.45, 7) is 4.01. The Morgan fingerprint density at radius 1 is 1.29 bits per heavy atom. The number of aryl methyl sites for hydroxylation is 1. The highest BCUT2D eigenvalue weighted by Crippen LogP contribution is 2.42.